The van der Waals surface area contributed by atoms with Crippen LogP contribution in [0.3, 0.4) is 0 Å². The summed E-state index contributed by atoms with van der Waals surface area (Å²) >= 11 is 3.35. The van der Waals surface area contributed by atoms with Crippen molar-refractivity contribution in [3.63, 3.8) is 0 Å². The highest BCUT2D eigenvalue weighted by Crippen LogP contribution is 2.27. The van der Waals surface area contributed by atoms with Crippen LogP contribution in [0.2, 0.25) is 0 Å². The molecule has 78 valence electrons. The summed E-state index contributed by atoms with van der Waals surface area (Å²) < 4.78 is 14.3. The molecular weight excluding hydrogens is 268 g/mol. The van der Waals surface area contributed by atoms with Crippen LogP contribution in [-0.2, 0) is 0 Å². The Balaban J connectivity index is 0.000000980. The lowest BCUT2D eigenvalue weighted by molar-refractivity contribution is 0.558. The van der Waals surface area contributed by atoms with E-state index < -0.39 is 0 Å². The highest BCUT2D eigenvalue weighted by Gasteiger charge is 2.19. The molecular formula is C10H12BrClFN. The van der Waals surface area contributed by atoms with Gasteiger partial charge in [0.15, 0.2) is 0 Å². The third-order valence-electron chi connectivity index (χ3n) is 2.39. The maximum atomic E-state index is 13.4. The maximum absolute atomic E-state index is 13.4. The van der Waals surface area contributed by atoms with Gasteiger partial charge < -0.3 is 5.32 Å². The smallest absolute Gasteiger partial charge is 0.128 e. The van der Waals surface area contributed by atoms with Crippen molar-refractivity contribution < 1.29 is 4.39 Å². The Labute approximate surface area is 97.6 Å². The zero-order chi connectivity index (χ0) is 9.26. The third-order valence-corrected chi connectivity index (χ3v) is 2.89. The minimum absolute atomic E-state index is 0. The minimum Gasteiger partial charge on any atom is -0.310 e. The van der Waals surface area contributed by atoms with E-state index in [1.807, 2.05) is 6.07 Å². The van der Waals surface area contributed by atoms with Gasteiger partial charge in [-0.25, -0.2) is 4.39 Å². The Hall–Kier alpha value is -0.120. The molecule has 1 aliphatic rings. The minimum atomic E-state index is -0.109. The van der Waals surface area contributed by atoms with Crippen LogP contribution < -0.4 is 5.32 Å². The topological polar surface area (TPSA) is 12.0 Å². The molecule has 0 aromatic heterocycles. The quantitative estimate of drug-likeness (QED) is 0.831. The maximum Gasteiger partial charge on any atom is 0.128 e. The van der Waals surface area contributed by atoms with Gasteiger partial charge in [0.05, 0.1) is 0 Å². The molecule has 0 aliphatic carbocycles. The van der Waals surface area contributed by atoms with E-state index in [2.05, 4.69) is 21.2 Å². The van der Waals surface area contributed by atoms with E-state index >= 15 is 0 Å². The van der Waals surface area contributed by atoms with Gasteiger partial charge in [0.25, 0.3) is 0 Å². The van der Waals surface area contributed by atoms with Crippen LogP contribution in [0.25, 0.3) is 0 Å². The van der Waals surface area contributed by atoms with Gasteiger partial charge in [0.2, 0.25) is 0 Å². The molecule has 0 spiro atoms. The fourth-order valence-electron chi connectivity index (χ4n) is 1.73. The van der Waals surface area contributed by atoms with Crippen molar-refractivity contribution in [2.24, 2.45) is 0 Å². The average molecular weight is 281 g/mol. The number of nitrogens with one attached hydrogen (secondary N) is 1. The summed E-state index contributed by atoms with van der Waals surface area (Å²) in [6.45, 7) is 0.997. The zero-order valence-corrected chi connectivity index (χ0v) is 10.00. The Morgan fingerprint density at radius 3 is 2.86 bits per heavy atom. The van der Waals surface area contributed by atoms with Crippen LogP contribution in [0.1, 0.15) is 24.4 Å². The van der Waals surface area contributed by atoms with E-state index in [1.54, 1.807) is 6.07 Å². The van der Waals surface area contributed by atoms with E-state index in [4.69, 9.17) is 0 Å². The van der Waals surface area contributed by atoms with Crippen molar-refractivity contribution in [2.75, 3.05) is 6.54 Å². The monoisotopic (exact) mass is 279 g/mol. The van der Waals surface area contributed by atoms with Crippen LogP contribution in [-0.4, -0.2) is 6.54 Å². The normalized spacial score (nSPS) is 20.6. The summed E-state index contributed by atoms with van der Waals surface area (Å²) in [5.74, 6) is -0.109. The summed E-state index contributed by atoms with van der Waals surface area (Å²) in [6, 6.07) is 5.31. The number of hydrogen-bond donors (Lipinski definition) is 1. The highest BCUT2D eigenvalue weighted by atomic mass is 79.9. The average Bonchev–Trinajstić information content (AvgIpc) is 2.61. The van der Waals surface area contributed by atoms with Gasteiger partial charge in [-0.1, -0.05) is 15.9 Å². The first-order valence-corrected chi connectivity index (χ1v) is 5.25. The summed E-state index contributed by atoms with van der Waals surface area (Å²) in [5.41, 5.74) is 0.784. The lowest BCUT2D eigenvalue weighted by Crippen LogP contribution is -2.14. The predicted molar refractivity (Wildman–Crippen MR) is 61.3 cm³/mol. The number of hydrogen-bond acceptors (Lipinski definition) is 1. The summed E-state index contributed by atoms with van der Waals surface area (Å²) in [7, 11) is 0. The molecule has 1 fully saturated rings. The van der Waals surface area contributed by atoms with Gasteiger partial charge in [0.1, 0.15) is 5.82 Å². The van der Waals surface area contributed by atoms with Crippen molar-refractivity contribution in [1.29, 1.82) is 0 Å². The molecule has 1 heterocycles. The molecule has 1 atom stereocenters. The molecule has 0 amide bonds. The Bertz CT molecular complexity index is 313. The first-order chi connectivity index (χ1) is 6.27. The molecule has 0 unspecified atom stereocenters. The molecule has 1 aromatic rings. The fourth-order valence-corrected chi connectivity index (χ4v) is 2.11. The van der Waals surface area contributed by atoms with E-state index in [-0.39, 0.29) is 24.3 Å². The summed E-state index contributed by atoms with van der Waals surface area (Å²) in [5, 5.41) is 3.28. The third kappa shape index (κ3) is 2.47. The Kier molecular flexibility index (Phi) is 4.35. The fraction of sp³-hybridized carbons (Fsp3) is 0.400. The van der Waals surface area contributed by atoms with Crippen LogP contribution in [0.5, 0.6) is 0 Å². The lowest BCUT2D eigenvalue weighted by Gasteiger charge is -2.11. The van der Waals surface area contributed by atoms with Gasteiger partial charge in [-0.05, 0) is 37.6 Å². The first kappa shape index (κ1) is 12.0. The lowest BCUT2D eigenvalue weighted by atomic mass is 10.1. The van der Waals surface area contributed by atoms with Crippen LogP contribution in [0, 0.1) is 5.82 Å². The van der Waals surface area contributed by atoms with Crippen molar-refractivity contribution >= 4 is 28.3 Å². The standard InChI is InChI=1S/C10H11BrFN.ClH/c11-7-3-4-9(12)8(6-7)10-2-1-5-13-10;/h3-4,6,10,13H,1-2,5H2;1H/t10-;/m1./s1. The van der Waals surface area contributed by atoms with Gasteiger partial charge >= 0.3 is 0 Å². The molecule has 1 nitrogen and oxygen atoms in total. The van der Waals surface area contributed by atoms with Gasteiger partial charge in [-0.3, -0.25) is 0 Å². The van der Waals surface area contributed by atoms with Gasteiger partial charge in [0, 0.05) is 16.1 Å². The SMILES string of the molecule is Cl.Fc1ccc(Br)cc1[C@H]1CCCN1. The van der Waals surface area contributed by atoms with E-state index in [1.165, 1.54) is 6.07 Å². The van der Waals surface area contributed by atoms with Crippen LogP contribution in [0.15, 0.2) is 22.7 Å². The van der Waals surface area contributed by atoms with Crippen molar-refractivity contribution in [3.8, 4) is 0 Å². The molecule has 4 heteroatoms. The molecule has 1 aliphatic heterocycles. The van der Waals surface area contributed by atoms with Gasteiger partial charge in [-0.15, -0.1) is 12.4 Å². The molecule has 0 bridgehead atoms. The van der Waals surface area contributed by atoms with Crippen molar-refractivity contribution in [3.05, 3.63) is 34.1 Å². The van der Waals surface area contributed by atoms with E-state index in [9.17, 15) is 4.39 Å². The molecule has 0 radical (unpaired) electrons. The predicted octanol–water partition coefficient (Wildman–Crippen LogP) is 3.43. The number of benzene rings is 1. The second kappa shape index (κ2) is 5.10. The molecule has 1 aromatic carbocycles. The van der Waals surface area contributed by atoms with E-state index in [0.29, 0.717) is 0 Å². The Morgan fingerprint density at radius 2 is 2.21 bits per heavy atom. The molecule has 1 saturated heterocycles. The summed E-state index contributed by atoms with van der Waals surface area (Å²) in [6.07, 6.45) is 2.17. The zero-order valence-electron chi connectivity index (χ0n) is 7.59. The second-order valence-corrected chi connectivity index (χ2v) is 4.23. The largest absolute Gasteiger partial charge is 0.310 e. The van der Waals surface area contributed by atoms with Crippen LogP contribution >= 0.6 is 28.3 Å². The second-order valence-electron chi connectivity index (χ2n) is 3.31. The Morgan fingerprint density at radius 1 is 1.43 bits per heavy atom. The number of rotatable bonds is 1. The number of halogens is 3. The molecule has 1 N–H and O–H groups in total. The van der Waals surface area contributed by atoms with Gasteiger partial charge in [-0.2, -0.15) is 0 Å². The summed E-state index contributed by atoms with van der Waals surface area (Å²) in [4.78, 5) is 0. The van der Waals surface area contributed by atoms with Crippen LogP contribution in [0.4, 0.5) is 4.39 Å². The first-order valence-electron chi connectivity index (χ1n) is 4.46. The molecule has 2 rings (SSSR count). The van der Waals surface area contributed by atoms with Crippen molar-refractivity contribution in [1.82, 2.24) is 5.32 Å². The molecule has 14 heavy (non-hydrogen) atoms. The highest BCUT2D eigenvalue weighted by molar-refractivity contribution is 9.10. The van der Waals surface area contributed by atoms with E-state index in [0.717, 1.165) is 29.4 Å². The van der Waals surface area contributed by atoms with Crippen molar-refractivity contribution in [2.45, 2.75) is 18.9 Å². The molecule has 0 saturated carbocycles.